The topological polar surface area (TPSA) is 137 Å². The number of aromatic nitrogens is 5. The van der Waals surface area contributed by atoms with Gasteiger partial charge in [0.25, 0.3) is 12.3 Å². The van der Waals surface area contributed by atoms with Crippen LogP contribution in [0.4, 0.5) is 8.78 Å². The molecule has 0 radical (unpaired) electrons. The fourth-order valence-corrected chi connectivity index (χ4v) is 2.33. The van der Waals surface area contributed by atoms with Crippen LogP contribution in [0, 0.1) is 6.92 Å². The van der Waals surface area contributed by atoms with Gasteiger partial charge < -0.3 is 15.4 Å². The van der Waals surface area contributed by atoms with Gasteiger partial charge in [-0.1, -0.05) is 5.16 Å². The Hall–Kier alpha value is -3.48. The highest BCUT2D eigenvalue weighted by molar-refractivity contribution is 5.92. The highest BCUT2D eigenvalue weighted by atomic mass is 19.3. The lowest BCUT2D eigenvalue weighted by Crippen LogP contribution is -2.28. The lowest BCUT2D eigenvalue weighted by Gasteiger charge is -2.06. The van der Waals surface area contributed by atoms with Crippen LogP contribution in [0.3, 0.4) is 0 Å². The first-order valence-electron chi connectivity index (χ1n) is 8.45. The van der Waals surface area contributed by atoms with Gasteiger partial charge in [-0.25, -0.2) is 22.9 Å². The highest BCUT2D eigenvalue weighted by Gasteiger charge is 2.15. The number of alkyl halides is 2. The zero-order chi connectivity index (χ0) is 20.8. The number of carbonyl (C=O) groups excluding carboxylic acids is 2. The molecule has 0 aromatic carbocycles. The third-order valence-corrected chi connectivity index (χ3v) is 3.69. The standard InChI is InChI=1S/C16H17F2N7O4/c1-9-15(24-29-23-9)16(27)20-5-11-6-25-13(22-11)2-10(4-21-25)3-19-14(26)8-28-7-12(17)18/h2,4,6,12H,3,5,7-8H2,1H3,(H,19,26)(H,20,27). The van der Waals surface area contributed by atoms with Crippen molar-refractivity contribution >= 4 is 17.5 Å². The van der Waals surface area contributed by atoms with E-state index in [0.717, 1.165) is 0 Å². The van der Waals surface area contributed by atoms with Gasteiger partial charge in [0.1, 0.15) is 18.9 Å². The Morgan fingerprint density at radius 1 is 1.28 bits per heavy atom. The van der Waals surface area contributed by atoms with E-state index in [1.807, 2.05) is 0 Å². The minimum absolute atomic E-state index is 0.0995. The lowest BCUT2D eigenvalue weighted by molar-refractivity contribution is -0.127. The molecule has 0 fully saturated rings. The molecule has 2 N–H and O–H groups in total. The molecule has 11 nitrogen and oxygen atoms in total. The summed E-state index contributed by atoms with van der Waals surface area (Å²) < 4.78 is 34.5. The molecule has 13 heteroatoms. The summed E-state index contributed by atoms with van der Waals surface area (Å²) in [5, 5.41) is 16.4. The van der Waals surface area contributed by atoms with Crippen molar-refractivity contribution < 1.29 is 27.7 Å². The molecular formula is C16H17F2N7O4. The molecule has 3 aromatic rings. The Kier molecular flexibility index (Phi) is 6.39. The molecule has 0 aliphatic rings. The largest absolute Gasteiger partial charge is 0.366 e. The average molecular weight is 409 g/mol. The van der Waals surface area contributed by atoms with Crippen LogP contribution < -0.4 is 10.6 Å². The van der Waals surface area contributed by atoms with E-state index in [9.17, 15) is 18.4 Å². The van der Waals surface area contributed by atoms with Crippen molar-refractivity contribution in [3.8, 4) is 0 Å². The minimum Gasteiger partial charge on any atom is -0.366 e. The third-order valence-electron chi connectivity index (χ3n) is 3.69. The van der Waals surface area contributed by atoms with Gasteiger partial charge in [0.15, 0.2) is 11.3 Å². The summed E-state index contributed by atoms with van der Waals surface area (Å²) in [6, 6.07) is 1.70. The summed E-state index contributed by atoms with van der Waals surface area (Å²) in [6.07, 6.45) is 0.553. The van der Waals surface area contributed by atoms with E-state index in [1.165, 1.54) is 10.7 Å². The van der Waals surface area contributed by atoms with Crippen molar-refractivity contribution in [3.05, 3.63) is 41.1 Å². The number of hydrogen-bond donors (Lipinski definition) is 2. The van der Waals surface area contributed by atoms with Gasteiger partial charge in [-0.05, 0) is 23.7 Å². The molecule has 3 rings (SSSR count). The third kappa shape index (κ3) is 5.51. The second-order valence-electron chi connectivity index (χ2n) is 5.96. The number of nitrogens with zero attached hydrogens (tertiary/aromatic N) is 5. The molecular weight excluding hydrogens is 392 g/mol. The van der Waals surface area contributed by atoms with E-state index >= 15 is 0 Å². The summed E-state index contributed by atoms with van der Waals surface area (Å²) in [7, 11) is 0. The monoisotopic (exact) mass is 409 g/mol. The molecule has 0 aliphatic carbocycles. The number of nitrogens with one attached hydrogen (secondary N) is 2. The van der Waals surface area contributed by atoms with Crippen molar-refractivity contribution in [2.75, 3.05) is 13.2 Å². The average Bonchev–Trinajstić information content (AvgIpc) is 3.29. The Bertz CT molecular complexity index is 1000. The minimum atomic E-state index is -2.62. The number of halogens is 2. The number of rotatable bonds is 9. The maximum absolute atomic E-state index is 12.0. The second-order valence-corrected chi connectivity index (χ2v) is 5.96. The first-order valence-corrected chi connectivity index (χ1v) is 8.45. The molecule has 0 saturated heterocycles. The van der Waals surface area contributed by atoms with Crippen LogP contribution in [0.25, 0.3) is 5.65 Å². The van der Waals surface area contributed by atoms with Crippen LogP contribution in [0.15, 0.2) is 23.1 Å². The zero-order valence-corrected chi connectivity index (χ0v) is 15.3. The molecule has 0 saturated carbocycles. The maximum Gasteiger partial charge on any atom is 0.275 e. The quantitative estimate of drug-likeness (QED) is 0.513. The Morgan fingerprint density at radius 2 is 2.10 bits per heavy atom. The normalized spacial score (nSPS) is 11.2. The summed E-state index contributed by atoms with van der Waals surface area (Å²) in [5.74, 6) is -0.957. The number of amides is 2. The fourth-order valence-electron chi connectivity index (χ4n) is 2.33. The zero-order valence-electron chi connectivity index (χ0n) is 15.3. The summed E-state index contributed by atoms with van der Waals surface area (Å²) >= 11 is 0. The predicted molar refractivity (Wildman–Crippen MR) is 91.9 cm³/mol. The van der Waals surface area contributed by atoms with Crippen LogP contribution in [-0.4, -0.2) is 56.4 Å². The predicted octanol–water partition coefficient (Wildman–Crippen LogP) is 0.249. The van der Waals surface area contributed by atoms with E-state index in [0.29, 0.717) is 22.6 Å². The molecule has 0 bridgehead atoms. The summed E-state index contributed by atoms with van der Waals surface area (Å²) in [6.45, 7) is 0.639. The van der Waals surface area contributed by atoms with Gasteiger partial charge in [0.05, 0.1) is 24.6 Å². The lowest BCUT2D eigenvalue weighted by atomic mass is 10.3. The van der Waals surface area contributed by atoms with Crippen LogP contribution in [-0.2, 0) is 22.6 Å². The number of carbonyl (C=O) groups is 2. The van der Waals surface area contributed by atoms with Crippen molar-refractivity contribution in [1.29, 1.82) is 0 Å². The highest BCUT2D eigenvalue weighted by Crippen LogP contribution is 2.07. The molecule has 3 heterocycles. The molecule has 29 heavy (non-hydrogen) atoms. The molecule has 3 aromatic heterocycles. The van der Waals surface area contributed by atoms with Gasteiger partial charge in [0, 0.05) is 6.54 Å². The van der Waals surface area contributed by atoms with E-state index in [1.54, 1.807) is 19.2 Å². The van der Waals surface area contributed by atoms with Crippen molar-refractivity contribution in [2.45, 2.75) is 26.4 Å². The second kappa shape index (κ2) is 9.14. The van der Waals surface area contributed by atoms with E-state index in [4.69, 9.17) is 0 Å². The molecule has 0 aliphatic heterocycles. The summed E-state index contributed by atoms with van der Waals surface area (Å²) in [4.78, 5) is 27.9. The Balaban J connectivity index is 1.53. The number of hydrogen-bond acceptors (Lipinski definition) is 8. The number of imidazole rings is 1. The van der Waals surface area contributed by atoms with Gasteiger partial charge in [-0.2, -0.15) is 5.10 Å². The van der Waals surface area contributed by atoms with Crippen molar-refractivity contribution in [3.63, 3.8) is 0 Å². The first-order chi connectivity index (χ1) is 13.9. The van der Waals surface area contributed by atoms with E-state index < -0.39 is 31.5 Å². The molecule has 154 valence electrons. The molecule has 0 spiro atoms. The van der Waals surface area contributed by atoms with Crippen LogP contribution >= 0.6 is 0 Å². The molecule has 2 amide bonds. The molecule has 0 unspecified atom stereocenters. The van der Waals surface area contributed by atoms with Gasteiger partial charge in [0.2, 0.25) is 5.91 Å². The number of aryl methyl sites for hydroxylation is 1. The van der Waals surface area contributed by atoms with Gasteiger partial charge in [-0.15, -0.1) is 0 Å². The molecule has 0 atom stereocenters. The van der Waals surface area contributed by atoms with Gasteiger partial charge >= 0.3 is 0 Å². The van der Waals surface area contributed by atoms with Gasteiger partial charge in [-0.3, -0.25) is 9.59 Å². The van der Waals surface area contributed by atoms with Crippen molar-refractivity contribution in [1.82, 2.24) is 35.5 Å². The first kappa shape index (κ1) is 20.3. The Morgan fingerprint density at radius 3 is 2.83 bits per heavy atom. The van der Waals surface area contributed by atoms with E-state index in [-0.39, 0.29) is 18.8 Å². The fraction of sp³-hybridized carbons (Fsp3) is 0.375. The number of ether oxygens (including phenoxy) is 1. The van der Waals surface area contributed by atoms with E-state index in [2.05, 4.69) is 40.4 Å². The van der Waals surface area contributed by atoms with Crippen LogP contribution in [0.5, 0.6) is 0 Å². The van der Waals surface area contributed by atoms with Crippen molar-refractivity contribution in [2.24, 2.45) is 0 Å². The summed E-state index contributed by atoms with van der Waals surface area (Å²) in [5.41, 5.74) is 2.20. The van der Waals surface area contributed by atoms with Crippen LogP contribution in [0.1, 0.15) is 27.4 Å². The Labute approximate surface area is 162 Å². The maximum atomic E-state index is 12.0. The smallest absolute Gasteiger partial charge is 0.275 e. The number of fused-ring (bicyclic) bond motifs is 1. The van der Waals surface area contributed by atoms with Crippen LogP contribution in [0.2, 0.25) is 0 Å². The SMILES string of the molecule is Cc1nonc1C(=O)NCc1cn2ncc(CNC(=O)COCC(F)F)cc2n1.